The van der Waals surface area contributed by atoms with Crippen LogP contribution < -0.4 is 10.1 Å². The summed E-state index contributed by atoms with van der Waals surface area (Å²) in [6.07, 6.45) is 3.26. The lowest BCUT2D eigenvalue weighted by molar-refractivity contribution is 0.102. The third kappa shape index (κ3) is 3.68. The second-order valence-electron chi connectivity index (χ2n) is 9.65. The van der Waals surface area contributed by atoms with Crippen LogP contribution in [0.5, 0.6) is 5.75 Å². The second kappa shape index (κ2) is 8.09. The van der Waals surface area contributed by atoms with Gasteiger partial charge in [0.05, 0.1) is 11.5 Å². The predicted octanol–water partition coefficient (Wildman–Crippen LogP) is 6.69. The molecule has 0 spiro atoms. The van der Waals surface area contributed by atoms with E-state index in [0.29, 0.717) is 11.5 Å². The van der Waals surface area contributed by atoms with E-state index < -0.39 is 5.60 Å². The molecule has 1 amide bonds. The molecule has 1 N–H and O–H groups in total. The lowest BCUT2D eigenvalue weighted by atomic mass is 9.78. The highest BCUT2D eigenvalue weighted by molar-refractivity contribution is 6.05. The number of pyridine rings is 1. The van der Waals surface area contributed by atoms with Crippen LogP contribution >= 0.6 is 0 Å². The van der Waals surface area contributed by atoms with Crippen molar-refractivity contribution in [2.75, 3.05) is 5.32 Å². The van der Waals surface area contributed by atoms with Crippen molar-refractivity contribution in [3.05, 3.63) is 87.7 Å². The van der Waals surface area contributed by atoms with Crippen molar-refractivity contribution in [1.29, 1.82) is 0 Å². The van der Waals surface area contributed by atoms with Crippen molar-refractivity contribution in [2.24, 2.45) is 0 Å². The Morgan fingerprint density at radius 1 is 1.03 bits per heavy atom. The Morgan fingerprint density at radius 2 is 1.72 bits per heavy atom. The minimum atomic E-state index is -0.393. The van der Waals surface area contributed by atoms with E-state index in [0.717, 1.165) is 33.7 Å². The topological polar surface area (TPSA) is 51.2 Å². The molecule has 1 aliphatic rings. The summed E-state index contributed by atoms with van der Waals surface area (Å²) in [4.78, 5) is 17.0. The van der Waals surface area contributed by atoms with Crippen molar-refractivity contribution < 1.29 is 9.53 Å². The largest absolute Gasteiger partial charge is 0.486 e. The molecule has 4 nitrogen and oxygen atoms in total. The molecule has 166 valence electrons. The number of carbonyl (C=O) groups excluding carboxylic acids is 1. The van der Waals surface area contributed by atoms with Crippen molar-refractivity contribution in [2.45, 2.75) is 65.9 Å². The first-order valence-electron chi connectivity index (χ1n) is 11.3. The normalized spacial score (nSPS) is 16.6. The molecule has 1 aliphatic heterocycles. The van der Waals surface area contributed by atoms with Gasteiger partial charge >= 0.3 is 0 Å². The Labute approximate surface area is 191 Å². The molecule has 32 heavy (non-hydrogen) atoms. The molecule has 0 fully saturated rings. The Kier molecular flexibility index (Phi) is 5.58. The van der Waals surface area contributed by atoms with Gasteiger partial charge < -0.3 is 10.1 Å². The fourth-order valence-electron chi connectivity index (χ4n) is 4.81. The average Bonchev–Trinajstić information content (AvgIpc) is 3.07. The minimum Gasteiger partial charge on any atom is -0.486 e. The molecule has 3 aromatic rings. The number of fused-ring (bicyclic) bond motifs is 1. The number of anilines is 1. The average molecular weight is 429 g/mol. The molecular formula is C28H32N2O2. The lowest BCUT2D eigenvalue weighted by Gasteiger charge is -2.27. The molecule has 0 bridgehead atoms. The number of carbonyl (C=O) groups is 1. The van der Waals surface area contributed by atoms with E-state index >= 15 is 0 Å². The molecule has 0 saturated carbocycles. The quantitative estimate of drug-likeness (QED) is 0.504. The summed E-state index contributed by atoms with van der Waals surface area (Å²) in [6, 6.07) is 12.4. The highest BCUT2D eigenvalue weighted by Crippen LogP contribution is 2.53. The third-order valence-corrected chi connectivity index (χ3v) is 6.75. The molecule has 0 radical (unpaired) electrons. The molecule has 2 aromatic carbocycles. The van der Waals surface area contributed by atoms with Gasteiger partial charge in [0.15, 0.2) is 0 Å². The summed E-state index contributed by atoms with van der Waals surface area (Å²) in [7, 11) is 0. The molecule has 1 aromatic heterocycles. The number of nitrogens with one attached hydrogen (secondary N) is 1. The molecule has 4 rings (SSSR count). The SMILES string of the molecule is Cc1c(C)c2c(c(C)c1NC(=O)c1cccnc1)C(c1ccc(C(C)C)cc1)C(C)(C)O2. The number of benzene rings is 2. The standard InChI is InChI=1S/C28H32N2O2/c1-16(2)20-10-12-21(13-11-20)24-23-19(5)25(30-27(31)22-9-8-14-29-15-22)17(3)18(4)26(23)32-28(24,6)7/h8-16,24H,1-7H3,(H,30,31). The number of hydrogen-bond donors (Lipinski definition) is 1. The van der Waals surface area contributed by atoms with Crippen LogP contribution in [-0.2, 0) is 0 Å². The Balaban J connectivity index is 1.82. The predicted molar refractivity (Wildman–Crippen MR) is 130 cm³/mol. The van der Waals surface area contributed by atoms with Gasteiger partial charge in [-0.25, -0.2) is 0 Å². The zero-order valence-electron chi connectivity index (χ0n) is 20.0. The van der Waals surface area contributed by atoms with E-state index in [2.05, 4.69) is 76.1 Å². The molecule has 1 atom stereocenters. The first kappa shape index (κ1) is 22.1. The van der Waals surface area contributed by atoms with Crippen LogP contribution in [0.15, 0.2) is 48.8 Å². The molecule has 1 unspecified atom stereocenters. The number of amides is 1. The third-order valence-electron chi connectivity index (χ3n) is 6.75. The summed E-state index contributed by atoms with van der Waals surface area (Å²) in [5.74, 6) is 1.36. The Hall–Kier alpha value is -3.14. The summed E-state index contributed by atoms with van der Waals surface area (Å²) in [5, 5.41) is 3.15. The lowest BCUT2D eigenvalue weighted by Crippen LogP contribution is -2.31. The van der Waals surface area contributed by atoms with E-state index in [-0.39, 0.29) is 11.8 Å². The van der Waals surface area contributed by atoms with Gasteiger partial charge in [0, 0.05) is 23.6 Å². The van der Waals surface area contributed by atoms with Crippen LogP contribution in [0.3, 0.4) is 0 Å². The highest BCUT2D eigenvalue weighted by atomic mass is 16.5. The van der Waals surface area contributed by atoms with Crippen LogP contribution in [0.25, 0.3) is 0 Å². The maximum Gasteiger partial charge on any atom is 0.257 e. The van der Waals surface area contributed by atoms with Gasteiger partial charge in [0.2, 0.25) is 0 Å². The molecular weight excluding hydrogens is 396 g/mol. The van der Waals surface area contributed by atoms with Gasteiger partial charge in [0.1, 0.15) is 11.4 Å². The summed E-state index contributed by atoms with van der Waals surface area (Å²) in [6.45, 7) is 14.9. The van der Waals surface area contributed by atoms with Crippen molar-refractivity contribution in [3.8, 4) is 5.75 Å². The summed E-state index contributed by atoms with van der Waals surface area (Å²) in [5.41, 5.74) is 7.89. The number of hydrogen-bond acceptors (Lipinski definition) is 3. The van der Waals surface area contributed by atoms with Gasteiger partial charge in [0.25, 0.3) is 5.91 Å². The van der Waals surface area contributed by atoms with Gasteiger partial charge in [-0.2, -0.15) is 0 Å². The number of rotatable bonds is 4. The van der Waals surface area contributed by atoms with Crippen LogP contribution in [0.4, 0.5) is 5.69 Å². The first-order valence-corrected chi connectivity index (χ1v) is 11.3. The maximum absolute atomic E-state index is 12.9. The first-order chi connectivity index (χ1) is 15.1. The summed E-state index contributed by atoms with van der Waals surface area (Å²) >= 11 is 0. The molecule has 0 aliphatic carbocycles. The molecule has 2 heterocycles. The molecule has 0 saturated heterocycles. The van der Waals surface area contributed by atoms with Gasteiger partial charge in [-0.05, 0) is 80.5 Å². The number of aromatic nitrogens is 1. The smallest absolute Gasteiger partial charge is 0.257 e. The highest BCUT2D eigenvalue weighted by Gasteiger charge is 2.45. The van der Waals surface area contributed by atoms with Crippen LogP contribution in [0.1, 0.15) is 83.3 Å². The van der Waals surface area contributed by atoms with E-state index in [1.54, 1.807) is 24.5 Å². The van der Waals surface area contributed by atoms with Crippen LogP contribution in [-0.4, -0.2) is 16.5 Å². The van der Waals surface area contributed by atoms with Gasteiger partial charge in [-0.15, -0.1) is 0 Å². The zero-order chi connectivity index (χ0) is 23.2. The monoisotopic (exact) mass is 428 g/mol. The van der Waals surface area contributed by atoms with Crippen molar-refractivity contribution in [1.82, 2.24) is 4.98 Å². The van der Waals surface area contributed by atoms with E-state index in [9.17, 15) is 4.79 Å². The van der Waals surface area contributed by atoms with Crippen LogP contribution in [0.2, 0.25) is 0 Å². The van der Waals surface area contributed by atoms with Crippen molar-refractivity contribution in [3.63, 3.8) is 0 Å². The van der Waals surface area contributed by atoms with Gasteiger partial charge in [-0.3, -0.25) is 9.78 Å². The fourth-order valence-corrected chi connectivity index (χ4v) is 4.81. The fraction of sp³-hybridized carbons (Fsp3) is 0.357. The van der Waals surface area contributed by atoms with E-state index in [1.807, 2.05) is 6.92 Å². The Bertz CT molecular complexity index is 1160. The van der Waals surface area contributed by atoms with E-state index in [1.165, 1.54) is 11.1 Å². The van der Waals surface area contributed by atoms with Crippen LogP contribution in [0, 0.1) is 20.8 Å². The zero-order valence-corrected chi connectivity index (χ0v) is 20.0. The Morgan fingerprint density at radius 3 is 2.31 bits per heavy atom. The number of ether oxygens (including phenoxy) is 1. The molecule has 4 heteroatoms. The minimum absolute atomic E-state index is 0.0760. The summed E-state index contributed by atoms with van der Waals surface area (Å²) < 4.78 is 6.55. The number of nitrogens with zero attached hydrogens (tertiary/aromatic N) is 1. The van der Waals surface area contributed by atoms with Gasteiger partial charge in [-0.1, -0.05) is 38.1 Å². The maximum atomic E-state index is 12.9. The second-order valence-corrected chi connectivity index (χ2v) is 9.65. The van der Waals surface area contributed by atoms with E-state index in [4.69, 9.17) is 4.74 Å². The van der Waals surface area contributed by atoms with Crippen molar-refractivity contribution >= 4 is 11.6 Å².